The molecule has 110 valence electrons. The van der Waals surface area contributed by atoms with Crippen molar-refractivity contribution in [2.75, 3.05) is 31.1 Å². The van der Waals surface area contributed by atoms with E-state index in [0.29, 0.717) is 37.1 Å². The third kappa shape index (κ3) is 6.36. The smallest absolute Gasteiger partial charge is 0.151 e. The highest BCUT2D eigenvalue weighted by Crippen LogP contribution is 2.19. The molecule has 1 aliphatic heterocycles. The zero-order chi connectivity index (χ0) is 12.7. The van der Waals surface area contributed by atoms with Gasteiger partial charge in [0.15, 0.2) is 9.84 Å². The van der Waals surface area contributed by atoms with E-state index in [1.165, 1.54) is 19.3 Å². The standard InChI is InChI=1S/C12H26N2O2S.ClH/c1-2-10-17(15,16)11-9-14-8-4-3-5-12(14)6-7-13;/h12H,2-11,13H2,1H3;1H. The summed E-state index contributed by atoms with van der Waals surface area (Å²) in [7, 11) is -2.84. The average Bonchev–Trinajstić information content (AvgIpc) is 2.28. The second-order valence-electron chi connectivity index (χ2n) is 4.91. The lowest BCUT2D eigenvalue weighted by Gasteiger charge is -2.35. The Labute approximate surface area is 118 Å². The van der Waals surface area contributed by atoms with Crippen LogP contribution in [0.3, 0.4) is 0 Å². The van der Waals surface area contributed by atoms with Crippen LogP contribution in [0.15, 0.2) is 0 Å². The third-order valence-electron chi connectivity index (χ3n) is 3.45. The van der Waals surface area contributed by atoms with Crippen molar-refractivity contribution in [2.24, 2.45) is 5.73 Å². The summed E-state index contributed by atoms with van der Waals surface area (Å²) in [6.45, 7) is 4.33. The second kappa shape index (κ2) is 9.13. The van der Waals surface area contributed by atoms with Gasteiger partial charge in [0.25, 0.3) is 0 Å². The van der Waals surface area contributed by atoms with Crippen LogP contribution in [0.25, 0.3) is 0 Å². The second-order valence-corrected chi connectivity index (χ2v) is 7.22. The molecule has 1 fully saturated rings. The quantitative estimate of drug-likeness (QED) is 0.772. The predicted octanol–water partition coefficient (Wildman–Crippen LogP) is 1.44. The first kappa shape index (κ1) is 18.2. The normalized spacial score (nSPS) is 21.6. The Bertz CT molecular complexity index is 307. The van der Waals surface area contributed by atoms with Crippen LogP contribution in [-0.2, 0) is 9.84 Å². The lowest BCUT2D eigenvalue weighted by molar-refractivity contribution is 0.151. The van der Waals surface area contributed by atoms with Gasteiger partial charge in [-0.05, 0) is 38.8 Å². The topological polar surface area (TPSA) is 63.4 Å². The van der Waals surface area contributed by atoms with Gasteiger partial charge in [0.1, 0.15) is 0 Å². The molecule has 2 N–H and O–H groups in total. The lowest BCUT2D eigenvalue weighted by atomic mass is 9.99. The molecule has 6 heteroatoms. The van der Waals surface area contributed by atoms with E-state index in [-0.39, 0.29) is 12.4 Å². The molecule has 0 bridgehead atoms. The summed E-state index contributed by atoms with van der Waals surface area (Å²) >= 11 is 0. The minimum atomic E-state index is -2.84. The van der Waals surface area contributed by atoms with E-state index in [2.05, 4.69) is 4.90 Å². The maximum atomic E-state index is 11.7. The molecule has 0 amide bonds. The molecule has 1 saturated heterocycles. The Hall–Kier alpha value is 0.160. The van der Waals surface area contributed by atoms with E-state index >= 15 is 0 Å². The Morgan fingerprint density at radius 1 is 1.28 bits per heavy atom. The number of likely N-dealkylation sites (tertiary alicyclic amines) is 1. The molecule has 0 aromatic heterocycles. The summed E-state index contributed by atoms with van der Waals surface area (Å²) in [5.41, 5.74) is 5.61. The number of hydrogen-bond acceptors (Lipinski definition) is 4. The first-order valence-corrected chi connectivity index (χ1v) is 8.55. The monoisotopic (exact) mass is 298 g/mol. The van der Waals surface area contributed by atoms with Gasteiger partial charge in [-0.25, -0.2) is 8.42 Å². The van der Waals surface area contributed by atoms with Gasteiger partial charge in [0, 0.05) is 18.3 Å². The fraction of sp³-hybridized carbons (Fsp3) is 1.00. The van der Waals surface area contributed by atoms with Crippen LogP contribution in [0, 0.1) is 0 Å². The summed E-state index contributed by atoms with van der Waals surface area (Å²) in [5, 5.41) is 0. The molecule has 0 saturated carbocycles. The number of sulfone groups is 1. The molecule has 0 aromatic rings. The van der Waals surface area contributed by atoms with Gasteiger partial charge in [-0.1, -0.05) is 13.3 Å². The van der Waals surface area contributed by atoms with Crippen molar-refractivity contribution in [1.29, 1.82) is 0 Å². The first-order valence-electron chi connectivity index (χ1n) is 6.73. The Morgan fingerprint density at radius 2 is 2.00 bits per heavy atom. The Morgan fingerprint density at radius 3 is 2.61 bits per heavy atom. The van der Waals surface area contributed by atoms with Crippen molar-refractivity contribution < 1.29 is 8.42 Å². The maximum Gasteiger partial charge on any atom is 0.151 e. The molecule has 1 atom stereocenters. The molecule has 1 aliphatic rings. The largest absolute Gasteiger partial charge is 0.330 e. The molecule has 1 rings (SSSR count). The van der Waals surface area contributed by atoms with Crippen molar-refractivity contribution in [3.05, 3.63) is 0 Å². The maximum absolute atomic E-state index is 11.7. The SMILES string of the molecule is CCCS(=O)(=O)CCN1CCCCC1CCN.Cl. The first-order chi connectivity index (χ1) is 8.09. The lowest BCUT2D eigenvalue weighted by Crippen LogP contribution is -2.43. The van der Waals surface area contributed by atoms with Crippen LogP contribution in [-0.4, -0.2) is 50.5 Å². The van der Waals surface area contributed by atoms with Gasteiger partial charge >= 0.3 is 0 Å². The van der Waals surface area contributed by atoms with Gasteiger partial charge in [0.05, 0.1) is 5.75 Å². The van der Waals surface area contributed by atoms with Gasteiger partial charge in [-0.15, -0.1) is 12.4 Å². The predicted molar refractivity (Wildman–Crippen MR) is 79.1 cm³/mol. The molecule has 0 aliphatic carbocycles. The van der Waals surface area contributed by atoms with Crippen LogP contribution in [0.1, 0.15) is 39.0 Å². The highest BCUT2D eigenvalue weighted by Gasteiger charge is 2.22. The summed E-state index contributed by atoms with van der Waals surface area (Å²) in [4.78, 5) is 2.32. The molecular weight excluding hydrogens is 272 g/mol. The average molecular weight is 299 g/mol. The van der Waals surface area contributed by atoms with Crippen molar-refractivity contribution in [1.82, 2.24) is 4.90 Å². The highest BCUT2D eigenvalue weighted by atomic mass is 35.5. The van der Waals surface area contributed by atoms with Crippen molar-refractivity contribution in [3.63, 3.8) is 0 Å². The van der Waals surface area contributed by atoms with E-state index in [4.69, 9.17) is 5.73 Å². The Kier molecular flexibility index (Phi) is 9.21. The molecule has 4 nitrogen and oxygen atoms in total. The number of piperidine rings is 1. The van der Waals surface area contributed by atoms with Gasteiger partial charge in [-0.3, -0.25) is 4.90 Å². The minimum Gasteiger partial charge on any atom is -0.330 e. The van der Waals surface area contributed by atoms with E-state index in [9.17, 15) is 8.42 Å². The molecular formula is C12H27ClN2O2S. The summed E-state index contributed by atoms with van der Waals surface area (Å²) in [5.74, 6) is 0.629. The third-order valence-corrected chi connectivity index (χ3v) is 5.29. The van der Waals surface area contributed by atoms with Crippen molar-refractivity contribution >= 4 is 22.2 Å². The number of nitrogens with zero attached hydrogens (tertiary/aromatic N) is 1. The number of halogens is 1. The molecule has 18 heavy (non-hydrogen) atoms. The molecule has 0 radical (unpaired) electrons. The molecule has 0 aromatic carbocycles. The van der Waals surface area contributed by atoms with Gasteiger partial charge < -0.3 is 5.73 Å². The fourth-order valence-corrected chi connectivity index (χ4v) is 3.88. The summed E-state index contributed by atoms with van der Waals surface area (Å²) in [6.07, 6.45) is 5.32. The van der Waals surface area contributed by atoms with Gasteiger partial charge in [0.2, 0.25) is 0 Å². The van der Waals surface area contributed by atoms with Crippen LogP contribution < -0.4 is 5.73 Å². The molecule has 0 spiro atoms. The van der Waals surface area contributed by atoms with Gasteiger partial charge in [-0.2, -0.15) is 0 Å². The number of hydrogen-bond donors (Lipinski definition) is 1. The molecule has 1 heterocycles. The van der Waals surface area contributed by atoms with E-state index in [1.807, 2.05) is 6.92 Å². The van der Waals surface area contributed by atoms with Crippen LogP contribution >= 0.6 is 12.4 Å². The number of nitrogens with two attached hydrogens (primary N) is 1. The zero-order valence-electron chi connectivity index (χ0n) is 11.3. The highest BCUT2D eigenvalue weighted by molar-refractivity contribution is 7.91. The van der Waals surface area contributed by atoms with E-state index < -0.39 is 9.84 Å². The number of rotatable bonds is 7. The minimum absolute atomic E-state index is 0. The van der Waals surface area contributed by atoms with Crippen LogP contribution in [0.4, 0.5) is 0 Å². The Balaban J connectivity index is 0.00000289. The van der Waals surface area contributed by atoms with Crippen LogP contribution in [0.2, 0.25) is 0 Å². The van der Waals surface area contributed by atoms with E-state index in [0.717, 1.165) is 13.0 Å². The molecule has 1 unspecified atom stereocenters. The van der Waals surface area contributed by atoms with Crippen molar-refractivity contribution in [3.8, 4) is 0 Å². The summed E-state index contributed by atoms with van der Waals surface area (Å²) in [6, 6.07) is 0.505. The van der Waals surface area contributed by atoms with Crippen LogP contribution in [0.5, 0.6) is 0 Å². The fourth-order valence-electron chi connectivity index (χ4n) is 2.54. The van der Waals surface area contributed by atoms with Crippen molar-refractivity contribution in [2.45, 2.75) is 45.1 Å². The zero-order valence-corrected chi connectivity index (χ0v) is 12.9. The summed E-state index contributed by atoms with van der Waals surface area (Å²) < 4.78 is 23.4. The van der Waals surface area contributed by atoms with E-state index in [1.54, 1.807) is 0 Å².